The van der Waals surface area contributed by atoms with Crippen molar-refractivity contribution in [1.29, 1.82) is 0 Å². The molecule has 0 aliphatic heterocycles. The lowest BCUT2D eigenvalue weighted by Gasteiger charge is -2.10. The molecule has 6 nitrogen and oxygen atoms in total. The van der Waals surface area contributed by atoms with Crippen molar-refractivity contribution in [2.24, 2.45) is 5.73 Å². The van der Waals surface area contributed by atoms with Gasteiger partial charge in [-0.25, -0.2) is 0 Å². The van der Waals surface area contributed by atoms with E-state index in [0.717, 1.165) is 16.0 Å². The van der Waals surface area contributed by atoms with E-state index in [-0.39, 0.29) is 11.7 Å². The number of thiophene rings is 1. The number of thiocarbonyl (C=S) groups is 1. The van der Waals surface area contributed by atoms with Crippen LogP contribution in [0, 0.1) is 6.92 Å². The molecule has 2 amide bonds. The molecule has 1 heterocycles. The highest BCUT2D eigenvalue weighted by atomic mass is 32.1. The Kier molecular flexibility index (Phi) is 7.16. The molecule has 0 bridgehead atoms. The lowest BCUT2D eigenvalue weighted by atomic mass is 10.1. The highest BCUT2D eigenvalue weighted by Gasteiger charge is 2.20. The maximum atomic E-state index is 12.1. The van der Waals surface area contributed by atoms with Gasteiger partial charge in [-0.05, 0) is 42.4 Å². The smallest absolute Gasteiger partial charge is 0.264 e. The van der Waals surface area contributed by atoms with Gasteiger partial charge in [-0.3, -0.25) is 14.9 Å². The number of primary amides is 1. The van der Waals surface area contributed by atoms with Gasteiger partial charge < -0.3 is 15.8 Å². The molecule has 3 rings (SSSR count). The Labute approximate surface area is 184 Å². The van der Waals surface area contributed by atoms with Gasteiger partial charge in [-0.1, -0.05) is 48.5 Å². The van der Waals surface area contributed by atoms with Crippen molar-refractivity contribution in [1.82, 2.24) is 5.32 Å². The van der Waals surface area contributed by atoms with E-state index < -0.39 is 11.8 Å². The number of carbonyl (C=O) groups excluding carboxylic acids is 2. The van der Waals surface area contributed by atoms with Crippen LogP contribution in [0.1, 0.15) is 26.4 Å². The second kappa shape index (κ2) is 10.00. The van der Waals surface area contributed by atoms with Crippen LogP contribution in [0.3, 0.4) is 0 Å². The number of carbonyl (C=O) groups is 2. The number of ether oxygens (including phenoxy) is 1. The SMILES string of the molecule is Cc1c(Cc2ccccc2)sc(NC(=S)NC(=O)COc2ccccc2)c1C(N)=O. The van der Waals surface area contributed by atoms with Gasteiger partial charge in [0.05, 0.1) is 5.56 Å². The predicted molar refractivity (Wildman–Crippen MR) is 123 cm³/mol. The molecule has 30 heavy (non-hydrogen) atoms. The van der Waals surface area contributed by atoms with Crippen molar-refractivity contribution in [3.63, 3.8) is 0 Å². The molecule has 4 N–H and O–H groups in total. The van der Waals surface area contributed by atoms with Crippen molar-refractivity contribution in [2.45, 2.75) is 13.3 Å². The van der Waals surface area contributed by atoms with Crippen LogP contribution in [-0.4, -0.2) is 23.5 Å². The van der Waals surface area contributed by atoms with Gasteiger partial charge >= 0.3 is 0 Å². The molecule has 154 valence electrons. The third-order valence-electron chi connectivity index (χ3n) is 4.29. The number of amides is 2. The maximum Gasteiger partial charge on any atom is 0.264 e. The summed E-state index contributed by atoms with van der Waals surface area (Å²) in [5.41, 5.74) is 7.90. The van der Waals surface area contributed by atoms with Crippen LogP contribution >= 0.6 is 23.6 Å². The molecule has 0 spiro atoms. The molecular weight excluding hydrogens is 418 g/mol. The molecule has 0 unspecified atom stereocenters. The summed E-state index contributed by atoms with van der Waals surface area (Å²) in [6, 6.07) is 18.9. The predicted octanol–water partition coefficient (Wildman–Crippen LogP) is 3.64. The van der Waals surface area contributed by atoms with Crippen molar-refractivity contribution >= 4 is 45.5 Å². The summed E-state index contributed by atoms with van der Waals surface area (Å²) >= 11 is 6.62. The van der Waals surface area contributed by atoms with E-state index in [2.05, 4.69) is 10.6 Å². The molecule has 0 atom stereocenters. The first-order valence-corrected chi connectivity index (χ1v) is 10.4. The normalized spacial score (nSPS) is 10.3. The Balaban J connectivity index is 1.65. The van der Waals surface area contributed by atoms with Gasteiger partial charge in [0.2, 0.25) is 0 Å². The van der Waals surface area contributed by atoms with Crippen LogP contribution < -0.4 is 21.1 Å². The first-order chi connectivity index (χ1) is 14.4. The highest BCUT2D eigenvalue weighted by Crippen LogP contribution is 2.34. The second-order valence-electron chi connectivity index (χ2n) is 6.49. The number of hydrogen-bond donors (Lipinski definition) is 3. The van der Waals surface area contributed by atoms with Crippen molar-refractivity contribution in [3.05, 3.63) is 82.2 Å². The Morgan fingerprint density at radius 2 is 1.70 bits per heavy atom. The molecule has 2 aromatic carbocycles. The molecule has 0 saturated carbocycles. The molecule has 0 aliphatic carbocycles. The monoisotopic (exact) mass is 439 g/mol. The number of hydrogen-bond acceptors (Lipinski definition) is 5. The molecule has 0 aliphatic rings. The van der Waals surface area contributed by atoms with Gasteiger partial charge in [-0.2, -0.15) is 0 Å². The topological polar surface area (TPSA) is 93.4 Å². The lowest BCUT2D eigenvalue weighted by molar-refractivity contribution is -0.121. The van der Waals surface area contributed by atoms with Crippen LogP contribution in [0.4, 0.5) is 5.00 Å². The van der Waals surface area contributed by atoms with E-state index in [1.54, 1.807) is 12.1 Å². The molecule has 3 aromatic rings. The molecule has 8 heteroatoms. The van der Waals surface area contributed by atoms with Gasteiger partial charge in [0.1, 0.15) is 10.8 Å². The quantitative estimate of drug-likeness (QED) is 0.489. The summed E-state index contributed by atoms with van der Waals surface area (Å²) < 4.78 is 5.40. The summed E-state index contributed by atoms with van der Waals surface area (Å²) in [6.45, 7) is 1.67. The second-order valence-corrected chi connectivity index (χ2v) is 8.00. The van der Waals surface area contributed by atoms with Crippen molar-refractivity contribution in [3.8, 4) is 5.75 Å². The summed E-state index contributed by atoms with van der Waals surface area (Å²) in [5.74, 6) is -0.371. The van der Waals surface area contributed by atoms with Gasteiger partial charge in [0.25, 0.3) is 11.8 Å². The zero-order valence-corrected chi connectivity index (χ0v) is 17.9. The average molecular weight is 440 g/mol. The largest absolute Gasteiger partial charge is 0.484 e. The summed E-state index contributed by atoms with van der Waals surface area (Å²) in [6.07, 6.45) is 0.670. The number of benzene rings is 2. The fourth-order valence-corrected chi connectivity index (χ4v) is 4.39. The van der Waals surface area contributed by atoms with Crippen LogP contribution in [0.2, 0.25) is 0 Å². The van der Waals surface area contributed by atoms with Crippen LogP contribution in [0.5, 0.6) is 5.75 Å². The van der Waals surface area contributed by atoms with Gasteiger partial charge in [0.15, 0.2) is 11.7 Å². The third-order valence-corrected chi connectivity index (χ3v) is 5.70. The number of anilines is 1. The van der Waals surface area contributed by atoms with Gasteiger partial charge in [0, 0.05) is 11.3 Å². The summed E-state index contributed by atoms with van der Waals surface area (Å²) in [5, 5.41) is 6.07. The minimum atomic E-state index is -0.549. The highest BCUT2D eigenvalue weighted by molar-refractivity contribution is 7.80. The fraction of sp³-hybridized carbons (Fsp3) is 0.136. The minimum absolute atomic E-state index is 0.0756. The molecule has 1 aromatic heterocycles. The van der Waals surface area contributed by atoms with Crippen LogP contribution in [0.25, 0.3) is 0 Å². The summed E-state index contributed by atoms with van der Waals surface area (Å²) in [4.78, 5) is 25.1. The Morgan fingerprint density at radius 3 is 2.33 bits per heavy atom. The van der Waals surface area contributed by atoms with Crippen LogP contribution in [0.15, 0.2) is 60.7 Å². The number of nitrogens with one attached hydrogen (secondary N) is 2. The van der Waals surface area contributed by atoms with Gasteiger partial charge in [-0.15, -0.1) is 11.3 Å². The fourth-order valence-electron chi connectivity index (χ4n) is 2.86. The standard InChI is InChI=1S/C22H21N3O3S2/c1-14-17(12-15-8-4-2-5-9-15)30-21(19(14)20(23)27)25-22(29)24-18(26)13-28-16-10-6-3-7-11-16/h2-11H,12-13H2,1H3,(H2,23,27)(H2,24,25,26,29). The van der Waals surface area contributed by atoms with E-state index in [4.69, 9.17) is 22.7 Å². The number of para-hydroxylation sites is 1. The van der Waals surface area contributed by atoms with E-state index in [1.165, 1.54) is 11.3 Å². The van der Waals surface area contributed by atoms with E-state index in [0.29, 0.717) is 22.7 Å². The van der Waals surface area contributed by atoms with E-state index in [1.807, 2.05) is 55.5 Å². The molecular formula is C22H21N3O3S2. The van der Waals surface area contributed by atoms with E-state index >= 15 is 0 Å². The maximum absolute atomic E-state index is 12.1. The first kappa shape index (κ1) is 21.5. The average Bonchev–Trinajstić information content (AvgIpc) is 3.02. The lowest BCUT2D eigenvalue weighted by Crippen LogP contribution is -2.37. The van der Waals surface area contributed by atoms with Crippen molar-refractivity contribution < 1.29 is 14.3 Å². The number of nitrogens with two attached hydrogens (primary N) is 1. The first-order valence-electron chi connectivity index (χ1n) is 9.18. The Morgan fingerprint density at radius 1 is 1.07 bits per heavy atom. The zero-order valence-electron chi connectivity index (χ0n) is 16.3. The molecule has 0 saturated heterocycles. The van der Waals surface area contributed by atoms with E-state index in [9.17, 15) is 9.59 Å². The number of rotatable bonds is 7. The third kappa shape index (κ3) is 5.65. The Bertz CT molecular complexity index is 1050. The Hall–Kier alpha value is -3.23. The van der Waals surface area contributed by atoms with Crippen molar-refractivity contribution in [2.75, 3.05) is 11.9 Å². The minimum Gasteiger partial charge on any atom is -0.484 e. The molecule has 0 fully saturated rings. The van der Waals surface area contributed by atoms with Crippen LogP contribution in [-0.2, 0) is 11.2 Å². The zero-order chi connectivity index (χ0) is 21.5. The molecule has 0 radical (unpaired) electrons. The summed E-state index contributed by atoms with van der Waals surface area (Å²) in [7, 11) is 0.